The molecular weight excluding hydrogens is 197 g/mol. The van der Waals surface area contributed by atoms with Crippen molar-refractivity contribution in [2.45, 2.75) is 0 Å². The van der Waals surface area contributed by atoms with E-state index >= 15 is 0 Å². The molecule has 0 aliphatic rings. The van der Waals surface area contributed by atoms with Crippen LogP contribution in [0.25, 0.3) is 0 Å². The largest absolute Gasteiger partial charge is 0.464 e. The number of rotatable bonds is 3. The fraction of sp³-hybridized carbons (Fsp3) is 0.400. The average molecular weight is 204 g/mol. The molecule has 4 heteroatoms. The Kier molecular flexibility index (Phi) is 11.0. The number of hydrogen-bond donors (Lipinski definition) is 0. The molecule has 0 atom stereocenters. The summed E-state index contributed by atoms with van der Waals surface area (Å²) in [6, 6.07) is 0. The van der Waals surface area contributed by atoms with E-state index in [9.17, 15) is 4.79 Å². The number of methoxy groups -OCH3 is 1. The van der Waals surface area contributed by atoms with Crippen LogP contribution in [-0.4, -0.2) is 19.9 Å². The first-order chi connectivity index (χ1) is 3.81. The van der Waals surface area contributed by atoms with E-state index < -0.39 is 5.97 Å². The summed E-state index contributed by atoms with van der Waals surface area (Å²) in [5.74, 6) is -0.591. The number of hydrogen-bond acceptors (Lipinski definition) is 3. The average Bonchev–Trinajstić information content (AvgIpc) is 1.83. The minimum atomic E-state index is -0.591. The zero-order valence-electron chi connectivity index (χ0n) is 5.22. The molecule has 0 aromatic carbocycles. The molecule has 0 fully saturated rings. The molecule has 0 spiro atoms. The van der Waals surface area contributed by atoms with Gasteiger partial charge in [-0.25, -0.2) is 0 Å². The molecule has 9 heavy (non-hydrogen) atoms. The van der Waals surface area contributed by atoms with Crippen molar-refractivity contribution in [3.05, 3.63) is 12.7 Å². The topological polar surface area (TPSA) is 35.5 Å². The van der Waals surface area contributed by atoms with Gasteiger partial charge in [0.25, 0.3) is 0 Å². The quantitative estimate of drug-likeness (QED) is 0.283. The maximum atomic E-state index is 10.1. The Balaban J connectivity index is 0. The second kappa shape index (κ2) is 8.27. The van der Waals surface area contributed by atoms with Gasteiger partial charge in [-0.2, -0.15) is 0 Å². The maximum absolute atomic E-state index is 10.1. The molecule has 0 aromatic rings. The normalized spacial score (nSPS) is 7.22. The second-order valence-electron chi connectivity index (χ2n) is 1.02. The molecule has 3 nitrogen and oxygen atoms in total. The van der Waals surface area contributed by atoms with Gasteiger partial charge in [-0.1, -0.05) is 0 Å². The summed E-state index contributed by atoms with van der Waals surface area (Å²) in [6.45, 7) is 3.02. The Morgan fingerprint density at radius 1 is 1.78 bits per heavy atom. The third kappa shape index (κ3) is 8.27. The maximum Gasteiger partial charge on any atom is 0.189 e. The fourth-order valence-corrected chi connectivity index (χ4v) is 0.163. The molecule has 0 saturated carbocycles. The molecule has 49 valence electrons. The third-order valence-electron chi connectivity index (χ3n) is 0.452. The van der Waals surface area contributed by atoms with Crippen LogP contribution in [0.5, 0.6) is 0 Å². The molecule has 0 rings (SSSR count). The fourth-order valence-electron chi connectivity index (χ4n) is 0.163. The van der Waals surface area contributed by atoms with Crippen LogP contribution in [0.2, 0.25) is 0 Å². The number of carbonyl (C=O) groups excluding carboxylic acids is 1. The van der Waals surface area contributed by atoms with Gasteiger partial charge in [-0.3, -0.25) is 11.4 Å². The van der Waals surface area contributed by atoms with Crippen LogP contribution in [-0.2, 0) is 47.0 Å². The summed E-state index contributed by atoms with van der Waals surface area (Å²) in [7, 11) is 1.43. The van der Waals surface area contributed by atoms with Gasteiger partial charge in [0.05, 0.1) is 0 Å². The van der Waals surface area contributed by atoms with E-state index in [2.05, 4.69) is 16.1 Å². The van der Waals surface area contributed by atoms with Crippen LogP contribution in [0, 0.1) is 6.08 Å². The predicted molar refractivity (Wildman–Crippen MR) is 26.8 cm³/mol. The zero-order chi connectivity index (χ0) is 6.41. The Hall–Kier alpha value is 0.274. The first kappa shape index (κ1) is 12.0. The van der Waals surface area contributed by atoms with Gasteiger partial charge in [0.2, 0.25) is 0 Å². The van der Waals surface area contributed by atoms with Gasteiger partial charge in [-0.15, -0.1) is 0 Å². The van der Waals surface area contributed by atoms with Crippen molar-refractivity contribution < 1.29 is 47.0 Å². The molecule has 0 heterocycles. The van der Waals surface area contributed by atoms with E-state index in [1.807, 2.05) is 6.08 Å². The van der Waals surface area contributed by atoms with Crippen LogP contribution in [0.3, 0.4) is 0 Å². The van der Waals surface area contributed by atoms with Crippen LogP contribution < -0.4 is 0 Å². The van der Waals surface area contributed by atoms with E-state index in [0.717, 1.165) is 0 Å². The van der Waals surface area contributed by atoms with Gasteiger partial charge in [0.15, 0.2) is 6.79 Å². The van der Waals surface area contributed by atoms with Crippen molar-refractivity contribution in [3.63, 3.8) is 0 Å². The number of esters is 1. The number of carbonyl (C=O) groups is 1. The SMILES string of the molecule is C=[C-]C(=O)OCOC.[Y]. The van der Waals surface area contributed by atoms with Gasteiger partial charge in [-0.05, 0) is 0 Å². The van der Waals surface area contributed by atoms with E-state index in [1.165, 1.54) is 7.11 Å². The van der Waals surface area contributed by atoms with Crippen LogP contribution >= 0.6 is 0 Å². The molecule has 1 radical (unpaired) electrons. The van der Waals surface area contributed by atoms with E-state index in [4.69, 9.17) is 0 Å². The van der Waals surface area contributed by atoms with Gasteiger partial charge in [0, 0.05) is 39.8 Å². The molecule has 0 amide bonds. The Morgan fingerprint density at radius 3 is 2.67 bits per heavy atom. The smallest absolute Gasteiger partial charge is 0.189 e. The van der Waals surface area contributed by atoms with Crippen molar-refractivity contribution in [1.82, 2.24) is 0 Å². The van der Waals surface area contributed by atoms with Crippen LogP contribution in [0.15, 0.2) is 6.58 Å². The summed E-state index contributed by atoms with van der Waals surface area (Å²) in [4.78, 5) is 10.1. The van der Waals surface area contributed by atoms with Crippen molar-refractivity contribution in [2.24, 2.45) is 0 Å². The van der Waals surface area contributed by atoms with Gasteiger partial charge < -0.3 is 15.5 Å². The molecular formula is C5H7O3Y-. The predicted octanol–water partition coefficient (Wildman–Crippen LogP) is 0.120. The Labute approximate surface area is 79.3 Å². The first-order valence-electron chi connectivity index (χ1n) is 2.00. The number of ether oxygens (including phenoxy) is 2. The first-order valence-corrected chi connectivity index (χ1v) is 2.00. The summed E-state index contributed by atoms with van der Waals surface area (Å²) >= 11 is 0. The standard InChI is InChI=1S/C5H7O3.Y/c1-3-5(6)8-4-7-2;/h1,4H2,2H3;/q-1;. The molecule has 0 aliphatic heterocycles. The van der Waals surface area contributed by atoms with Crippen LogP contribution in [0.4, 0.5) is 0 Å². The molecule has 0 saturated heterocycles. The second-order valence-corrected chi connectivity index (χ2v) is 1.02. The van der Waals surface area contributed by atoms with Crippen molar-refractivity contribution in [1.29, 1.82) is 0 Å². The molecule has 0 unspecified atom stereocenters. The molecule has 0 aromatic heterocycles. The van der Waals surface area contributed by atoms with Crippen molar-refractivity contribution >= 4 is 5.97 Å². The molecule has 0 aliphatic carbocycles. The van der Waals surface area contributed by atoms with E-state index in [0.29, 0.717) is 0 Å². The summed E-state index contributed by atoms with van der Waals surface area (Å²) < 4.78 is 8.71. The summed E-state index contributed by atoms with van der Waals surface area (Å²) in [5, 5.41) is 0. The van der Waals surface area contributed by atoms with Gasteiger partial charge in [0.1, 0.15) is 5.97 Å². The third-order valence-corrected chi connectivity index (χ3v) is 0.452. The van der Waals surface area contributed by atoms with E-state index in [1.54, 1.807) is 0 Å². The summed E-state index contributed by atoms with van der Waals surface area (Å²) in [6.07, 6.45) is 2.01. The Bertz CT molecular complexity index is 92.2. The minimum absolute atomic E-state index is 0. The van der Waals surface area contributed by atoms with Crippen molar-refractivity contribution in [2.75, 3.05) is 13.9 Å². The summed E-state index contributed by atoms with van der Waals surface area (Å²) in [5.41, 5.74) is 0. The molecule has 0 bridgehead atoms. The van der Waals surface area contributed by atoms with Crippen LogP contribution in [0.1, 0.15) is 0 Å². The zero-order valence-corrected chi connectivity index (χ0v) is 8.05. The molecule has 0 N–H and O–H groups in total. The minimum Gasteiger partial charge on any atom is -0.464 e. The van der Waals surface area contributed by atoms with Crippen molar-refractivity contribution in [3.8, 4) is 0 Å². The Morgan fingerprint density at radius 2 is 2.33 bits per heavy atom. The van der Waals surface area contributed by atoms with E-state index in [-0.39, 0.29) is 39.5 Å². The van der Waals surface area contributed by atoms with Gasteiger partial charge >= 0.3 is 0 Å². The monoisotopic (exact) mass is 204 g/mol.